The maximum atomic E-state index is 12.4. The van der Waals surface area contributed by atoms with Gasteiger partial charge < -0.3 is 16.4 Å². The molecular formula is C23H19F3N6O2. The van der Waals surface area contributed by atoms with Crippen LogP contribution in [-0.2, 0) is 4.79 Å². The summed E-state index contributed by atoms with van der Waals surface area (Å²) >= 11 is 0. The Bertz CT molecular complexity index is 1350. The van der Waals surface area contributed by atoms with Gasteiger partial charge in [-0.25, -0.2) is 9.97 Å². The van der Waals surface area contributed by atoms with Gasteiger partial charge >= 0.3 is 6.18 Å². The van der Waals surface area contributed by atoms with Gasteiger partial charge in [-0.15, -0.1) is 0 Å². The highest BCUT2D eigenvalue weighted by atomic mass is 19.4. The highest BCUT2D eigenvalue weighted by Crippen LogP contribution is 2.38. The minimum absolute atomic E-state index is 0.0872. The second-order valence-electron chi connectivity index (χ2n) is 8.08. The number of carbonyl (C=O) groups is 2. The van der Waals surface area contributed by atoms with E-state index in [0.717, 1.165) is 0 Å². The van der Waals surface area contributed by atoms with Crippen LogP contribution in [0.15, 0.2) is 36.5 Å². The van der Waals surface area contributed by atoms with Crippen molar-refractivity contribution in [2.75, 3.05) is 17.6 Å². The molecule has 3 aromatic rings. The van der Waals surface area contributed by atoms with Crippen LogP contribution < -0.4 is 16.4 Å². The summed E-state index contributed by atoms with van der Waals surface area (Å²) < 4.78 is 37.1. The van der Waals surface area contributed by atoms with E-state index in [1.54, 1.807) is 25.1 Å². The second-order valence-corrected chi connectivity index (χ2v) is 8.08. The largest absolute Gasteiger partial charge is 0.405 e. The fourth-order valence-electron chi connectivity index (χ4n) is 3.60. The van der Waals surface area contributed by atoms with E-state index in [1.165, 1.54) is 18.3 Å². The molecule has 1 aromatic carbocycles. The zero-order valence-electron chi connectivity index (χ0n) is 17.9. The van der Waals surface area contributed by atoms with Crippen LogP contribution in [0.3, 0.4) is 0 Å². The molecule has 2 heterocycles. The van der Waals surface area contributed by atoms with Crippen LogP contribution in [0, 0.1) is 30.1 Å². The Morgan fingerprint density at radius 3 is 2.68 bits per heavy atom. The van der Waals surface area contributed by atoms with Crippen LogP contribution in [0.5, 0.6) is 0 Å². The van der Waals surface area contributed by atoms with Crippen LogP contribution in [0.2, 0.25) is 0 Å². The summed E-state index contributed by atoms with van der Waals surface area (Å²) in [6.07, 6.45) is -2.48. The standard InChI is InChI=1S/C23H19F3N6O2/c1-11-4-12(21(33)30-10-23(24,25)26)2-3-15(11)18-6-13-7-19(29-9-17(13)20(28)31-18)32-22(34)16-5-14(16)8-27/h2-4,6-7,9,14,16H,5,10H2,1H3,(H2,28,31)(H,30,33)(H,29,32,34)/t14-,16+/m1/s1. The van der Waals surface area contributed by atoms with E-state index < -0.39 is 18.6 Å². The van der Waals surface area contributed by atoms with Gasteiger partial charge in [-0.3, -0.25) is 9.59 Å². The third kappa shape index (κ3) is 4.91. The Morgan fingerprint density at radius 1 is 1.26 bits per heavy atom. The molecule has 8 nitrogen and oxygen atoms in total. The molecule has 0 saturated heterocycles. The van der Waals surface area contributed by atoms with Crippen molar-refractivity contribution in [3.63, 3.8) is 0 Å². The van der Waals surface area contributed by atoms with Gasteiger partial charge in [0.2, 0.25) is 5.91 Å². The predicted molar refractivity (Wildman–Crippen MR) is 118 cm³/mol. The lowest BCUT2D eigenvalue weighted by Gasteiger charge is -2.12. The van der Waals surface area contributed by atoms with Gasteiger partial charge in [0.1, 0.15) is 18.2 Å². The Kier molecular flexibility index (Phi) is 5.83. The van der Waals surface area contributed by atoms with Crippen LogP contribution in [0.25, 0.3) is 22.0 Å². The predicted octanol–water partition coefficient (Wildman–Crippen LogP) is 3.58. The smallest absolute Gasteiger partial charge is 0.383 e. The van der Waals surface area contributed by atoms with Crippen molar-refractivity contribution in [2.45, 2.75) is 19.5 Å². The number of aromatic nitrogens is 2. The van der Waals surface area contributed by atoms with Gasteiger partial charge in [-0.1, -0.05) is 6.07 Å². The number of alkyl halides is 3. The quantitative estimate of drug-likeness (QED) is 0.524. The number of nitrogens with two attached hydrogens (primary N) is 1. The van der Waals surface area contributed by atoms with Crippen LogP contribution >= 0.6 is 0 Å². The number of halogens is 3. The lowest BCUT2D eigenvalue weighted by molar-refractivity contribution is -0.123. The zero-order chi connectivity index (χ0) is 24.6. The molecule has 2 amide bonds. The molecule has 4 rings (SSSR count). The first kappa shape index (κ1) is 23.0. The van der Waals surface area contributed by atoms with E-state index >= 15 is 0 Å². The van der Waals surface area contributed by atoms with E-state index in [2.05, 4.69) is 21.4 Å². The molecule has 1 aliphatic carbocycles. The average molecular weight is 468 g/mol. The number of nitrogen functional groups attached to an aromatic ring is 1. The number of carbonyl (C=O) groups excluding carboxylic acids is 2. The van der Waals surface area contributed by atoms with Gasteiger partial charge in [0, 0.05) is 22.7 Å². The van der Waals surface area contributed by atoms with Crippen molar-refractivity contribution in [2.24, 2.45) is 11.8 Å². The molecule has 2 aromatic heterocycles. The Balaban J connectivity index is 1.59. The molecule has 1 saturated carbocycles. The van der Waals surface area contributed by atoms with E-state index in [9.17, 15) is 22.8 Å². The molecule has 34 heavy (non-hydrogen) atoms. The number of aryl methyl sites for hydroxylation is 1. The highest BCUT2D eigenvalue weighted by Gasteiger charge is 2.43. The van der Waals surface area contributed by atoms with E-state index in [4.69, 9.17) is 11.0 Å². The average Bonchev–Trinajstić information content (AvgIpc) is 3.57. The van der Waals surface area contributed by atoms with E-state index in [0.29, 0.717) is 39.8 Å². The number of benzene rings is 1. The molecule has 0 bridgehead atoms. The summed E-state index contributed by atoms with van der Waals surface area (Å²) in [6, 6.07) is 9.93. The number of hydrogen-bond donors (Lipinski definition) is 3. The Hall–Kier alpha value is -4.20. The third-order valence-electron chi connectivity index (χ3n) is 5.50. The zero-order valence-corrected chi connectivity index (χ0v) is 17.9. The first-order chi connectivity index (χ1) is 16.1. The summed E-state index contributed by atoms with van der Waals surface area (Å²) in [4.78, 5) is 32.9. The SMILES string of the molecule is Cc1cc(C(=O)NCC(F)(F)F)ccc1-c1cc2cc(NC(=O)[C@H]3C[C@@H]3C#N)ncc2c(N)n1. The van der Waals surface area contributed by atoms with Crippen molar-refractivity contribution in [3.05, 3.63) is 47.7 Å². The first-order valence-corrected chi connectivity index (χ1v) is 10.3. The summed E-state index contributed by atoms with van der Waals surface area (Å²) in [5, 5.41) is 14.7. The minimum Gasteiger partial charge on any atom is -0.383 e. The molecule has 4 N–H and O–H groups in total. The molecule has 2 atom stereocenters. The number of fused-ring (bicyclic) bond motifs is 1. The molecule has 11 heteroatoms. The molecule has 1 aliphatic rings. The molecule has 0 radical (unpaired) electrons. The van der Waals surface area contributed by atoms with Crippen LogP contribution in [-0.4, -0.2) is 34.5 Å². The maximum Gasteiger partial charge on any atom is 0.405 e. The van der Waals surface area contributed by atoms with Crippen molar-refractivity contribution >= 4 is 34.2 Å². The van der Waals surface area contributed by atoms with Crippen molar-refractivity contribution in [1.82, 2.24) is 15.3 Å². The molecule has 0 unspecified atom stereocenters. The number of rotatable bonds is 5. The van der Waals surface area contributed by atoms with Gasteiger partial charge in [-0.2, -0.15) is 18.4 Å². The van der Waals surface area contributed by atoms with Crippen LogP contribution in [0.1, 0.15) is 22.3 Å². The van der Waals surface area contributed by atoms with Gasteiger partial charge in [0.25, 0.3) is 5.91 Å². The van der Waals surface area contributed by atoms with Crippen molar-refractivity contribution < 1.29 is 22.8 Å². The summed E-state index contributed by atoms with van der Waals surface area (Å²) in [5.74, 6) is -1.19. The normalized spacial score (nSPS) is 17.1. The van der Waals surface area contributed by atoms with Gasteiger partial charge in [0.05, 0.1) is 23.6 Å². The lowest BCUT2D eigenvalue weighted by Crippen LogP contribution is -2.33. The number of anilines is 2. The van der Waals surface area contributed by atoms with E-state index in [1.807, 2.05) is 5.32 Å². The fourth-order valence-corrected chi connectivity index (χ4v) is 3.60. The topological polar surface area (TPSA) is 134 Å². The molecular weight excluding hydrogens is 449 g/mol. The van der Waals surface area contributed by atoms with Crippen molar-refractivity contribution in [1.29, 1.82) is 5.26 Å². The minimum atomic E-state index is -4.50. The molecule has 174 valence electrons. The second kappa shape index (κ2) is 8.62. The maximum absolute atomic E-state index is 12.4. The van der Waals surface area contributed by atoms with E-state index in [-0.39, 0.29) is 29.1 Å². The van der Waals surface area contributed by atoms with Crippen LogP contribution in [0.4, 0.5) is 24.8 Å². The third-order valence-corrected chi connectivity index (χ3v) is 5.50. The summed E-state index contributed by atoms with van der Waals surface area (Å²) in [5.41, 5.74) is 7.93. The number of pyridine rings is 2. The Labute approximate surface area is 192 Å². The van der Waals surface area contributed by atoms with Gasteiger partial charge in [0.15, 0.2) is 0 Å². The summed E-state index contributed by atoms with van der Waals surface area (Å²) in [7, 11) is 0. The number of nitriles is 1. The number of nitrogens with one attached hydrogen (secondary N) is 2. The molecule has 0 aliphatic heterocycles. The first-order valence-electron chi connectivity index (χ1n) is 10.3. The number of hydrogen-bond acceptors (Lipinski definition) is 6. The fraction of sp³-hybridized carbons (Fsp3) is 0.261. The Morgan fingerprint density at radius 2 is 2.03 bits per heavy atom. The summed E-state index contributed by atoms with van der Waals surface area (Å²) in [6.45, 7) is 0.289. The monoisotopic (exact) mass is 468 g/mol. The number of nitrogens with zero attached hydrogens (tertiary/aromatic N) is 3. The van der Waals surface area contributed by atoms with Crippen molar-refractivity contribution in [3.8, 4) is 17.3 Å². The number of amides is 2. The molecule has 0 spiro atoms. The highest BCUT2D eigenvalue weighted by molar-refractivity contribution is 5.99. The lowest BCUT2D eigenvalue weighted by atomic mass is 10.0. The molecule has 1 fully saturated rings. The van der Waals surface area contributed by atoms with Gasteiger partial charge in [-0.05, 0) is 48.6 Å².